The average molecular weight is 365 g/mol. The van der Waals surface area contributed by atoms with Crippen molar-refractivity contribution < 1.29 is 28.5 Å². The maximum atomic E-state index is 12.4. The van der Waals surface area contributed by atoms with E-state index < -0.39 is 39.8 Å². The van der Waals surface area contributed by atoms with Gasteiger partial charge < -0.3 is 16.0 Å². The van der Waals surface area contributed by atoms with Crippen molar-refractivity contribution in [3.63, 3.8) is 0 Å². The van der Waals surface area contributed by atoms with Gasteiger partial charge in [-0.1, -0.05) is 30.3 Å². The first-order valence-corrected chi connectivity index (χ1v) is 9.07. The van der Waals surface area contributed by atoms with Crippen LogP contribution in [-0.4, -0.2) is 55.5 Å². The summed E-state index contributed by atoms with van der Waals surface area (Å²) in [6.45, 7) is 0. The molecule has 0 fully saturated rings. The monoisotopic (exact) mass is 365 g/mol. The van der Waals surface area contributed by atoms with Gasteiger partial charge in [-0.2, -0.15) is 4.79 Å². The minimum Gasteiger partial charge on any atom is -0.480 e. The number of aliphatic carboxylic acids is 1. The Labute approximate surface area is 147 Å². The number of ketones is 1. The van der Waals surface area contributed by atoms with Crippen molar-refractivity contribution in [2.24, 2.45) is 0 Å². The minimum atomic E-state index is -1.51. The lowest BCUT2D eigenvalue weighted by molar-refractivity contribution is -0.142. The Bertz CT molecular complexity index is 701. The lowest BCUT2D eigenvalue weighted by atomic mass is 10.1. The molecule has 1 aromatic rings. The maximum Gasteiger partial charge on any atom is 0.326 e. The predicted molar refractivity (Wildman–Crippen MR) is 91.5 cm³/mol. The van der Waals surface area contributed by atoms with Crippen LogP contribution in [0.5, 0.6) is 0 Å². The van der Waals surface area contributed by atoms with Crippen molar-refractivity contribution in [3.05, 3.63) is 41.4 Å². The molecule has 134 valence electrons. The Balaban J connectivity index is 2.77. The molecule has 0 aliphatic carbocycles. The number of nitrogens with one attached hydrogen (secondary N) is 1. The molecule has 0 saturated heterocycles. The lowest BCUT2D eigenvalue weighted by Gasteiger charge is -2.18. The van der Waals surface area contributed by atoms with Gasteiger partial charge in [0.25, 0.3) is 0 Å². The van der Waals surface area contributed by atoms with Crippen LogP contribution >= 0.6 is 0 Å². The molecule has 3 unspecified atom stereocenters. The molecule has 25 heavy (non-hydrogen) atoms. The number of hydrogen-bond donors (Lipinski definition) is 2. The van der Waals surface area contributed by atoms with Crippen LogP contribution in [0.15, 0.2) is 30.3 Å². The Morgan fingerprint density at radius 3 is 2.48 bits per heavy atom. The topological polar surface area (TPSA) is 137 Å². The standard InChI is InChI=1S/C16H19N3O5S/c1-25(24)14(9-11-5-3-2-4-6-11)15(21)19-13(16(22)23)8-7-12(20)10-18-17/h2-6,10,13-14H,7-9H2,1H3,(H,19,21)(H,22,23). The molecule has 0 spiro atoms. The highest BCUT2D eigenvalue weighted by Gasteiger charge is 2.28. The highest BCUT2D eigenvalue weighted by Crippen LogP contribution is 2.09. The average Bonchev–Trinajstić information content (AvgIpc) is 2.56. The van der Waals surface area contributed by atoms with Crippen LogP contribution < -0.4 is 5.32 Å². The van der Waals surface area contributed by atoms with Gasteiger partial charge in [0.1, 0.15) is 11.3 Å². The summed E-state index contributed by atoms with van der Waals surface area (Å²) in [4.78, 5) is 37.5. The number of nitrogens with zero attached hydrogens (tertiary/aromatic N) is 2. The Morgan fingerprint density at radius 1 is 1.32 bits per heavy atom. The van der Waals surface area contributed by atoms with Gasteiger partial charge in [-0.25, -0.2) is 4.79 Å². The van der Waals surface area contributed by atoms with Crippen molar-refractivity contribution >= 4 is 34.7 Å². The van der Waals surface area contributed by atoms with E-state index >= 15 is 0 Å². The molecule has 8 nitrogen and oxygen atoms in total. The molecule has 0 bridgehead atoms. The molecule has 0 radical (unpaired) electrons. The van der Waals surface area contributed by atoms with Gasteiger partial charge in [0.05, 0.1) is 0 Å². The second-order valence-corrected chi connectivity index (χ2v) is 6.89. The molecule has 0 heterocycles. The highest BCUT2D eigenvalue weighted by atomic mass is 32.2. The first kappa shape index (κ1) is 20.4. The van der Waals surface area contributed by atoms with Crippen molar-refractivity contribution in [1.82, 2.24) is 5.32 Å². The molecule has 3 atom stereocenters. The van der Waals surface area contributed by atoms with E-state index in [0.717, 1.165) is 5.56 Å². The fourth-order valence-electron chi connectivity index (χ4n) is 2.13. The Hall–Kier alpha value is -2.64. The van der Waals surface area contributed by atoms with E-state index in [-0.39, 0.29) is 19.3 Å². The molecule has 1 rings (SSSR count). The van der Waals surface area contributed by atoms with E-state index in [0.29, 0.717) is 6.21 Å². The molecule has 1 aromatic carbocycles. The summed E-state index contributed by atoms with van der Waals surface area (Å²) >= 11 is 0. The second-order valence-electron chi connectivity index (χ2n) is 5.33. The normalized spacial score (nSPS) is 13.8. The van der Waals surface area contributed by atoms with E-state index in [1.807, 2.05) is 6.07 Å². The first-order valence-electron chi connectivity index (χ1n) is 7.44. The summed E-state index contributed by atoms with van der Waals surface area (Å²) < 4.78 is 11.9. The fourth-order valence-corrected chi connectivity index (χ4v) is 2.92. The van der Waals surface area contributed by atoms with Gasteiger partial charge in [-0.3, -0.25) is 13.8 Å². The van der Waals surface area contributed by atoms with Gasteiger partial charge in [-0.05, 0) is 18.4 Å². The van der Waals surface area contributed by atoms with Gasteiger partial charge in [0.2, 0.25) is 11.7 Å². The molecule has 2 N–H and O–H groups in total. The van der Waals surface area contributed by atoms with Crippen LogP contribution in [0.2, 0.25) is 0 Å². The van der Waals surface area contributed by atoms with Crippen LogP contribution in [0.4, 0.5) is 0 Å². The van der Waals surface area contributed by atoms with Gasteiger partial charge in [0.15, 0.2) is 0 Å². The zero-order valence-corrected chi connectivity index (χ0v) is 14.4. The Kier molecular flexibility index (Phi) is 8.38. The maximum absolute atomic E-state index is 12.4. The van der Waals surface area contributed by atoms with Crippen molar-refractivity contribution in [2.45, 2.75) is 30.6 Å². The Morgan fingerprint density at radius 2 is 1.96 bits per heavy atom. The zero-order valence-electron chi connectivity index (χ0n) is 13.6. The fraction of sp³-hybridized carbons (Fsp3) is 0.375. The highest BCUT2D eigenvalue weighted by molar-refractivity contribution is 7.85. The van der Waals surface area contributed by atoms with Crippen LogP contribution in [-0.2, 0) is 31.6 Å². The third kappa shape index (κ3) is 7.19. The molecule has 0 aromatic heterocycles. The van der Waals surface area contributed by atoms with Gasteiger partial charge in [-0.15, -0.1) is 0 Å². The smallest absolute Gasteiger partial charge is 0.326 e. The SMILES string of the molecule is CS(=O)C(Cc1ccccc1)C(=O)NC(CCC(=O)C=[N+]=[N-])C(=O)O. The van der Waals surface area contributed by atoms with Gasteiger partial charge >= 0.3 is 12.2 Å². The summed E-state index contributed by atoms with van der Waals surface area (Å²) in [5.74, 6) is -2.52. The molecule has 9 heteroatoms. The van der Waals surface area contributed by atoms with Crippen LogP contribution in [0.1, 0.15) is 18.4 Å². The molecule has 1 amide bonds. The second kappa shape index (κ2) is 10.3. The number of Topliss-reactive ketones (excluding diaryl/α,β-unsaturated/α-hetero) is 1. The number of carboxylic acids is 1. The number of hydrogen-bond acceptors (Lipinski definition) is 4. The minimum absolute atomic E-state index is 0.166. The van der Waals surface area contributed by atoms with Crippen LogP contribution in [0, 0.1) is 0 Å². The number of rotatable bonds is 10. The van der Waals surface area contributed by atoms with E-state index in [9.17, 15) is 23.7 Å². The summed E-state index contributed by atoms with van der Waals surface area (Å²) in [6, 6.07) is 7.66. The number of benzene rings is 1. The summed E-state index contributed by atoms with van der Waals surface area (Å²) in [6.07, 6.45) is 1.88. The molecular formula is C16H19N3O5S. The molecule has 0 aliphatic heterocycles. The summed E-state index contributed by atoms with van der Waals surface area (Å²) in [5.41, 5.74) is 9.06. The van der Waals surface area contributed by atoms with Crippen molar-refractivity contribution in [3.8, 4) is 0 Å². The summed E-state index contributed by atoms with van der Waals surface area (Å²) in [7, 11) is -1.51. The van der Waals surface area contributed by atoms with Crippen LogP contribution in [0.25, 0.3) is 5.53 Å². The quantitative estimate of drug-likeness (QED) is 0.346. The molecular weight excluding hydrogens is 346 g/mol. The van der Waals surface area contributed by atoms with Gasteiger partial charge in [0, 0.05) is 23.5 Å². The van der Waals surface area contributed by atoms with Crippen molar-refractivity contribution in [1.29, 1.82) is 0 Å². The first-order chi connectivity index (χ1) is 11.8. The third-order valence-corrected chi connectivity index (χ3v) is 4.63. The van der Waals surface area contributed by atoms with E-state index in [1.165, 1.54) is 6.26 Å². The number of carbonyl (C=O) groups is 3. The number of carboxylic acid groups (broad SMARTS) is 1. The predicted octanol–water partition coefficient (Wildman–Crippen LogP) is 0.196. The molecule has 0 aliphatic rings. The number of amides is 1. The third-order valence-electron chi connectivity index (χ3n) is 3.45. The number of carbonyl (C=O) groups excluding carboxylic acids is 2. The van der Waals surface area contributed by atoms with E-state index in [1.54, 1.807) is 24.3 Å². The van der Waals surface area contributed by atoms with Crippen molar-refractivity contribution in [2.75, 3.05) is 6.26 Å². The molecule has 0 saturated carbocycles. The lowest BCUT2D eigenvalue weighted by Crippen LogP contribution is -2.47. The van der Waals surface area contributed by atoms with E-state index in [2.05, 4.69) is 10.1 Å². The largest absolute Gasteiger partial charge is 0.480 e. The summed E-state index contributed by atoms with van der Waals surface area (Å²) in [5, 5.41) is 10.6. The zero-order chi connectivity index (χ0) is 18.8. The van der Waals surface area contributed by atoms with Crippen LogP contribution in [0.3, 0.4) is 0 Å². The van der Waals surface area contributed by atoms with E-state index in [4.69, 9.17) is 5.53 Å².